The summed E-state index contributed by atoms with van der Waals surface area (Å²) in [7, 11) is 0. The molecule has 5 heterocycles. The van der Waals surface area contributed by atoms with Gasteiger partial charge in [-0.1, -0.05) is 36.5 Å². The zero-order chi connectivity index (χ0) is 27.4. The summed E-state index contributed by atoms with van der Waals surface area (Å²) in [6.07, 6.45) is 11.8. The quantitative estimate of drug-likeness (QED) is 0.340. The van der Waals surface area contributed by atoms with Crippen LogP contribution in [-0.2, 0) is 11.3 Å². The summed E-state index contributed by atoms with van der Waals surface area (Å²) in [6, 6.07) is 4.25. The number of ether oxygens (including phenoxy) is 1. The van der Waals surface area contributed by atoms with E-state index >= 15 is 0 Å². The molecule has 210 valence electrons. The molecule has 4 aromatic heterocycles. The van der Waals surface area contributed by atoms with Gasteiger partial charge in [0.2, 0.25) is 11.8 Å². The SMILES string of the molecule is CC1CCC(Cn2c(N3C(C)COC4CCCC43)nc3cc(-c4noc(=O)[nH]4)nc(-c4cncc(Cl)c4)c32)CC1. The Kier molecular flexibility index (Phi) is 6.62. The number of hydrogen-bond donors (Lipinski definition) is 1. The summed E-state index contributed by atoms with van der Waals surface area (Å²) < 4.78 is 13.5. The van der Waals surface area contributed by atoms with E-state index in [0.717, 1.165) is 54.3 Å². The second-order valence-corrected chi connectivity index (χ2v) is 12.3. The number of pyridine rings is 2. The normalized spacial score (nSPS) is 26.9. The lowest BCUT2D eigenvalue weighted by Gasteiger charge is -2.43. The van der Waals surface area contributed by atoms with Crippen LogP contribution in [0, 0.1) is 11.8 Å². The zero-order valence-corrected chi connectivity index (χ0v) is 23.6. The predicted molar refractivity (Wildman–Crippen MR) is 152 cm³/mol. The van der Waals surface area contributed by atoms with Crippen molar-refractivity contribution >= 4 is 28.6 Å². The number of rotatable bonds is 5. The molecular formula is C29H34ClN7O3. The first-order chi connectivity index (χ1) is 19.4. The monoisotopic (exact) mass is 563 g/mol. The van der Waals surface area contributed by atoms with Crippen molar-refractivity contribution in [2.75, 3.05) is 11.5 Å². The molecular weight excluding hydrogens is 530 g/mol. The Balaban J connectivity index is 1.46. The van der Waals surface area contributed by atoms with E-state index in [4.69, 9.17) is 30.8 Å². The standard InChI is InChI=1S/C29H34ClN7O3/c1-16-6-8-18(9-7-16)14-36-26-21(33-28(36)37-17(2)15-39-24-5-3-4-23(24)37)11-22(27-34-29(38)40-35-27)32-25(26)19-10-20(30)13-31-12-19/h10-13,16-18,23-24H,3-9,14-15H2,1-2H3,(H,34,35,38). The van der Waals surface area contributed by atoms with Gasteiger partial charge in [-0.2, -0.15) is 0 Å². The van der Waals surface area contributed by atoms with Crippen molar-refractivity contribution in [1.82, 2.24) is 29.7 Å². The Morgan fingerprint density at radius 1 is 1.07 bits per heavy atom. The molecule has 3 fully saturated rings. The second-order valence-electron chi connectivity index (χ2n) is 11.8. The number of H-pyrrole nitrogens is 1. The number of halogens is 1. The van der Waals surface area contributed by atoms with Gasteiger partial charge < -0.3 is 14.2 Å². The number of aromatic nitrogens is 6. The van der Waals surface area contributed by atoms with Crippen LogP contribution in [0.1, 0.15) is 58.8 Å². The maximum atomic E-state index is 11.8. The molecule has 0 radical (unpaired) electrons. The van der Waals surface area contributed by atoms with Crippen LogP contribution in [0.2, 0.25) is 5.02 Å². The van der Waals surface area contributed by atoms with E-state index in [0.29, 0.717) is 35.0 Å². The van der Waals surface area contributed by atoms with Crippen LogP contribution >= 0.6 is 11.6 Å². The van der Waals surface area contributed by atoms with Crippen LogP contribution in [-0.4, -0.2) is 54.5 Å². The highest BCUT2D eigenvalue weighted by Crippen LogP contribution is 2.41. The van der Waals surface area contributed by atoms with Gasteiger partial charge in [0, 0.05) is 24.5 Å². The van der Waals surface area contributed by atoms with Gasteiger partial charge in [-0.3, -0.25) is 14.5 Å². The highest BCUT2D eigenvalue weighted by atomic mass is 35.5. The van der Waals surface area contributed by atoms with Crippen molar-refractivity contribution in [3.8, 4) is 22.8 Å². The lowest BCUT2D eigenvalue weighted by molar-refractivity contribution is 0.00642. The molecule has 10 nitrogen and oxygen atoms in total. The average molecular weight is 564 g/mol. The van der Waals surface area contributed by atoms with E-state index in [9.17, 15) is 4.79 Å². The molecule has 1 saturated heterocycles. The van der Waals surface area contributed by atoms with Crippen molar-refractivity contribution in [3.63, 3.8) is 0 Å². The van der Waals surface area contributed by atoms with Crippen LogP contribution in [0.3, 0.4) is 0 Å². The molecule has 0 aromatic carbocycles. The van der Waals surface area contributed by atoms with Crippen molar-refractivity contribution in [2.24, 2.45) is 11.8 Å². The minimum absolute atomic E-state index is 0.192. The lowest BCUT2D eigenvalue weighted by Crippen LogP contribution is -2.54. The highest BCUT2D eigenvalue weighted by molar-refractivity contribution is 6.30. The number of aromatic amines is 1. The summed E-state index contributed by atoms with van der Waals surface area (Å²) in [4.78, 5) is 31.6. The fourth-order valence-electron chi connectivity index (χ4n) is 6.92. The summed E-state index contributed by atoms with van der Waals surface area (Å²) in [5.74, 6) is 1.92. The molecule has 3 unspecified atom stereocenters. The third-order valence-electron chi connectivity index (χ3n) is 8.97. The fourth-order valence-corrected chi connectivity index (χ4v) is 7.10. The zero-order valence-electron chi connectivity index (χ0n) is 22.8. The summed E-state index contributed by atoms with van der Waals surface area (Å²) >= 11 is 6.41. The average Bonchev–Trinajstić information content (AvgIpc) is 3.68. The molecule has 0 bridgehead atoms. The smallest absolute Gasteiger partial charge is 0.374 e. The molecule has 11 heteroatoms. The topological polar surface area (TPSA) is 115 Å². The van der Waals surface area contributed by atoms with Gasteiger partial charge in [-0.05, 0) is 63.0 Å². The Morgan fingerprint density at radius 2 is 1.93 bits per heavy atom. The highest BCUT2D eigenvalue weighted by Gasteiger charge is 2.42. The van der Waals surface area contributed by atoms with Crippen LogP contribution in [0.15, 0.2) is 33.8 Å². The molecule has 7 rings (SSSR count). The van der Waals surface area contributed by atoms with Crippen LogP contribution < -0.4 is 10.7 Å². The molecule has 3 aliphatic rings. The molecule has 0 spiro atoms. The maximum Gasteiger partial charge on any atom is 0.439 e. The summed E-state index contributed by atoms with van der Waals surface area (Å²) in [6.45, 7) is 6.13. The van der Waals surface area contributed by atoms with E-state index in [-0.39, 0.29) is 18.0 Å². The summed E-state index contributed by atoms with van der Waals surface area (Å²) in [5.41, 5.74) is 3.70. The van der Waals surface area contributed by atoms with Gasteiger partial charge in [0.05, 0.1) is 46.5 Å². The molecule has 2 aliphatic carbocycles. The van der Waals surface area contributed by atoms with Crippen molar-refractivity contribution in [2.45, 2.75) is 83.5 Å². The lowest BCUT2D eigenvalue weighted by atomic mass is 9.83. The minimum atomic E-state index is -0.630. The number of nitrogens with zero attached hydrogens (tertiary/aromatic N) is 6. The molecule has 1 N–H and O–H groups in total. The van der Waals surface area contributed by atoms with Crippen LogP contribution in [0.25, 0.3) is 33.8 Å². The number of anilines is 1. The second kappa shape index (κ2) is 10.3. The van der Waals surface area contributed by atoms with Crippen molar-refractivity contribution in [1.29, 1.82) is 0 Å². The number of nitrogens with one attached hydrogen (secondary N) is 1. The van der Waals surface area contributed by atoms with E-state index < -0.39 is 5.76 Å². The molecule has 40 heavy (non-hydrogen) atoms. The minimum Gasteiger partial charge on any atom is -0.374 e. The van der Waals surface area contributed by atoms with Gasteiger partial charge in [-0.25, -0.2) is 14.8 Å². The maximum absolute atomic E-state index is 11.8. The van der Waals surface area contributed by atoms with E-state index in [1.54, 1.807) is 12.4 Å². The van der Waals surface area contributed by atoms with E-state index in [2.05, 4.69) is 38.4 Å². The fraction of sp³-hybridized carbons (Fsp3) is 0.552. The number of fused-ring (bicyclic) bond motifs is 2. The Bertz CT molecular complexity index is 1590. The largest absolute Gasteiger partial charge is 0.439 e. The Hall–Kier alpha value is -3.24. The van der Waals surface area contributed by atoms with Crippen molar-refractivity contribution in [3.05, 3.63) is 40.1 Å². The molecule has 0 amide bonds. The molecule has 3 atom stereocenters. The van der Waals surface area contributed by atoms with Gasteiger partial charge in [0.15, 0.2) is 0 Å². The Labute approximate surface area is 237 Å². The third-order valence-corrected chi connectivity index (χ3v) is 9.18. The number of hydrogen-bond acceptors (Lipinski definition) is 8. The first-order valence-electron chi connectivity index (χ1n) is 14.4. The number of imidazole rings is 1. The first kappa shape index (κ1) is 25.7. The Morgan fingerprint density at radius 3 is 2.70 bits per heavy atom. The molecule has 1 aliphatic heterocycles. The van der Waals surface area contributed by atoms with E-state index in [1.165, 1.54) is 25.7 Å². The molecule has 2 saturated carbocycles. The van der Waals surface area contributed by atoms with Crippen molar-refractivity contribution < 1.29 is 9.26 Å². The molecule has 4 aromatic rings. The van der Waals surface area contributed by atoms with Gasteiger partial charge >= 0.3 is 5.76 Å². The van der Waals surface area contributed by atoms with Gasteiger partial charge in [-0.15, -0.1) is 0 Å². The van der Waals surface area contributed by atoms with Crippen LogP contribution in [0.4, 0.5) is 5.95 Å². The van der Waals surface area contributed by atoms with E-state index in [1.807, 2.05) is 12.1 Å². The summed E-state index contributed by atoms with van der Waals surface area (Å²) in [5, 5.41) is 4.44. The first-order valence-corrected chi connectivity index (χ1v) is 14.8. The third kappa shape index (κ3) is 4.60. The number of morpholine rings is 1. The van der Waals surface area contributed by atoms with Crippen LogP contribution in [0.5, 0.6) is 0 Å². The van der Waals surface area contributed by atoms with Gasteiger partial charge in [0.25, 0.3) is 0 Å². The predicted octanol–water partition coefficient (Wildman–Crippen LogP) is 5.46. The van der Waals surface area contributed by atoms with Gasteiger partial charge in [0.1, 0.15) is 5.69 Å².